The maximum Gasteiger partial charge on any atom is 1.00 e. The topological polar surface area (TPSA) is 148 Å². The first-order chi connectivity index (χ1) is 2.64. The number of carbonyl (C=O) groups excluding carboxylic acids is 2. The van der Waals surface area contributed by atoms with Gasteiger partial charge in [0.1, 0.15) is 0 Å². The van der Waals surface area contributed by atoms with E-state index in [1.165, 1.54) is 0 Å². The minimum absolute atomic E-state index is 0. The van der Waals surface area contributed by atoms with Gasteiger partial charge in [0.2, 0.25) is 0 Å². The number of carboxylic acid groups (broad SMARTS) is 2. The minimum Gasteiger partial charge on any atom is -0.543 e. The van der Waals surface area contributed by atoms with Crippen LogP contribution in [-0.4, -0.2) is 17.4 Å². The summed E-state index contributed by atoms with van der Waals surface area (Å²) in [6.07, 6.45) is 0. The van der Waals surface area contributed by atoms with Crippen LogP contribution in [0.15, 0.2) is 0 Å². The third-order valence-corrected chi connectivity index (χ3v) is 0.167. The molecule has 0 amide bonds. The van der Waals surface area contributed by atoms with E-state index in [9.17, 15) is 0 Å². The number of aliphatic carboxylic acids is 2. The van der Waals surface area contributed by atoms with Gasteiger partial charge in [0.15, 0.2) is 0 Å². The number of rotatable bonds is 0. The van der Waals surface area contributed by atoms with Crippen molar-refractivity contribution in [3.63, 3.8) is 0 Å². The Kier molecular flexibility index (Phi) is 27.5. The van der Waals surface area contributed by atoms with Crippen LogP contribution in [0.1, 0.15) is 0 Å². The molecule has 0 aromatic heterocycles. The zero-order chi connectivity index (χ0) is 5.15. The molecular formula is C2H6NO5Ti. The van der Waals surface area contributed by atoms with E-state index in [4.69, 9.17) is 19.8 Å². The van der Waals surface area contributed by atoms with E-state index in [0.29, 0.717) is 0 Å². The Bertz CT molecular complexity index is 81.0. The van der Waals surface area contributed by atoms with Gasteiger partial charge in [-0.25, -0.2) is 0 Å². The van der Waals surface area contributed by atoms with Gasteiger partial charge in [-0.1, -0.05) is 0 Å². The summed E-state index contributed by atoms with van der Waals surface area (Å²) in [4.78, 5) is 17.9. The fourth-order valence-electron chi connectivity index (χ4n) is 0. The molecule has 1 radical (unpaired) electrons. The van der Waals surface area contributed by atoms with Crippen LogP contribution >= 0.6 is 0 Å². The van der Waals surface area contributed by atoms with Crippen LogP contribution in [0.2, 0.25) is 0 Å². The summed E-state index contributed by atoms with van der Waals surface area (Å²) in [6.45, 7) is 0. The van der Waals surface area contributed by atoms with Crippen molar-refractivity contribution in [3.8, 4) is 0 Å². The molecule has 0 unspecified atom stereocenters. The van der Waals surface area contributed by atoms with Crippen LogP contribution in [0, 0.1) is 0 Å². The summed E-state index contributed by atoms with van der Waals surface area (Å²) >= 11 is 0. The van der Waals surface area contributed by atoms with Crippen molar-refractivity contribution in [2.75, 3.05) is 0 Å². The molecule has 0 atom stereocenters. The number of carbonyl (C=O) groups is 2. The van der Waals surface area contributed by atoms with Gasteiger partial charge >= 0.3 is 21.7 Å². The monoisotopic (exact) mass is 172 g/mol. The molecule has 0 spiro atoms. The molecule has 0 aromatic rings. The van der Waals surface area contributed by atoms with Crippen molar-refractivity contribution in [3.05, 3.63) is 0 Å². The number of hydrogen-bond donors (Lipinski definition) is 1. The second kappa shape index (κ2) is 10.5. The zero-order valence-electron chi connectivity index (χ0n) is 4.63. The second-order valence-electron chi connectivity index (χ2n) is 0.575. The third-order valence-electron chi connectivity index (χ3n) is 0.167. The van der Waals surface area contributed by atoms with Crippen LogP contribution in [0.4, 0.5) is 0 Å². The fourth-order valence-corrected chi connectivity index (χ4v) is 0. The molecule has 0 bridgehead atoms. The van der Waals surface area contributed by atoms with Crippen molar-refractivity contribution in [1.29, 1.82) is 0 Å². The standard InChI is InChI=1S/C2H2O4.H3N.H2O.Ti/c3-1(4)2(5)6;;;/h(H,3,4)(H,5,6);1H3;1H2;/q;;;+1/p-1. The molecule has 0 aliphatic rings. The van der Waals surface area contributed by atoms with Gasteiger partial charge in [-0.05, 0) is 0 Å². The summed E-state index contributed by atoms with van der Waals surface area (Å²) in [5.74, 6) is -4.37. The molecular weight excluding hydrogens is 166 g/mol. The Morgan fingerprint density at radius 3 is 1.11 bits per heavy atom. The maximum absolute atomic E-state index is 8.93. The largest absolute Gasteiger partial charge is 1.00 e. The molecule has 6 N–H and O–H groups in total. The molecule has 9 heavy (non-hydrogen) atoms. The van der Waals surface area contributed by atoms with Gasteiger partial charge in [-0.15, -0.1) is 0 Å². The van der Waals surface area contributed by atoms with E-state index in [1.54, 1.807) is 0 Å². The number of quaternary nitrogens is 1. The number of carboxylic acids is 2. The summed E-state index contributed by atoms with van der Waals surface area (Å²) in [6, 6.07) is 0. The van der Waals surface area contributed by atoms with Gasteiger partial charge < -0.3 is 31.4 Å². The fraction of sp³-hybridized carbons (Fsp3) is 0. The van der Waals surface area contributed by atoms with Gasteiger partial charge in [0.25, 0.3) is 0 Å². The summed E-state index contributed by atoms with van der Waals surface area (Å²) in [5.41, 5.74) is 0. The van der Waals surface area contributed by atoms with Crippen LogP contribution in [-0.2, 0) is 31.3 Å². The van der Waals surface area contributed by atoms with E-state index in [-0.39, 0.29) is 33.3 Å². The predicted molar refractivity (Wildman–Crippen MR) is 19.6 cm³/mol. The normalized spacial score (nSPS) is 4.89. The average Bonchev–Trinajstić information content (AvgIpc) is 1.36. The van der Waals surface area contributed by atoms with Crippen LogP contribution in [0.5, 0.6) is 0 Å². The Hall–Kier alpha value is -0.426. The van der Waals surface area contributed by atoms with E-state index >= 15 is 0 Å². The molecule has 53 valence electrons. The second-order valence-corrected chi connectivity index (χ2v) is 0.575. The van der Waals surface area contributed by atoms with Gasteiger partial charge in [-0.2, -0.15) is 0 Å². The van der Waals surface area contributed by atoms with E-state index in [0.717, 1.165) is 0 Å². The van der Waals surface area contributed by atoms with Crippen molar-refractivity contribution in [2.45, 2.75) is 0 Å². The molecule has 0 aliphatic heterocycles. The number of hydrogen-bond acceptors (Lipinski definition) is 4. The van der Waals surface area contributed by atoms with Gasteiger partial charge in [0, 0.05) is 0 Å². The van der Waals surface area contributed by atoms with Crippen molar-refractivity contribution < 1.29 is 47.0 Å². The van der Waals surface area contributed by atoms with Crippen LogP contribution in [0.3, 0.4) is 0 Å². The smallest absolute Gasteiger partial charge is 0.543 e. The summed E-state index contributed by atoms with van der Waals surface area (Å²) < 4.78 is 0. The quantitative estimate of drug-likeness (QED) is 0.293. The predicted octanol–water partition coefficient (Wildman–Crippen LogP) is -3.96. The maximum atomic E-state index is 8.93. The third kappa shape index (κ3) is 18.4. The Morgan fingerprint density at radius 1 is 1.00 bits per heavy atom. The molecule has 0 fully saturated rings. The van der Waals surface area contributed by atoms with E-state index in [1.807, 2.05) is 0 Å². The molecule has 0 heterocycles. The SMILES string of the molecule is O.O=C([O-])C(=O)[O-].[NH4+].[Ti+]. The van der Waals surface area contributed by atoms with Crippen molar-refractivity contribution >= 4 is 11.9 Å². The molecule has 0 rings (SSSR count). The molecule has 6 nitrogen and oxygen atoms in total. The van der Waals surface area contributed by atoms with Crippen LogP contribution < -0.4 is 16.4 Å². The Morgan fingerprint density at radius 2 is 1.11 bits per heavy atom. The molecule has 7 heteroatoms. The molecule has 0 aliphatic carbocycles. The Labute approximate surface area is 65.6 Å². The van der Waals surface area contributed by atoms with E-state index < -0.39 is 11.9 Å². The summed E-state index contributed by atoms with van der Waals surface area (Å²) in [5, 5.41) is 17.9. The minimum atomic E-state index is -2.19. The first kappa shape index (κ1) is 23.5. The molecule has 0 saturated heterocycles. The average molecular weight is 172 g/mol. The van der Waals surface area contributed by atoms with Gasteiger partial charge in [-0.3, -0.25) is 0 Å². The van der Waals surface area contributed by atoms with E-state index in [2.05, 4.69) is 0 Å². The molecule has 0 aromatic carbocycles. The van der Waals surface area contributed by atoms with Crippen molar-refractivity contribution in [1.82, 2.24) is 6.15 Å². The Balaban J connectivity index is -0.0000000417. The van der Waals surface area contributed by atoms with Gasteiger partial charge in [0.05, 0.1) is 11.9 Å². The molecule has 0 saturated carbocycles. The van der Waals surface area contributed by atoms with Crippen molar-refractivity contribution in [2.24, 2.45) is 0 Å². The first-order valence-corrected chi connectivity index (χ1v) is 1.07. The summed E-state index contributed by atoms with van der Waals surface area (Å²) in [7, 11) is 0. The van der Waals surface area contributed by atoms with Crippen LogP contribution in [0.25, 0.3) is 0 Å². The first-order valence-electron chi connectivity index (χ1n) is 1.07. The zero-order valence-corrected chi connectivity index (χ0v) is 6.19.